The zero-order chi connectivity index (χ0) is 28.1. The van der Waals surface area contributed by atoms with Gasteiger partial charge in [-0.3, -0.25) is 25.0 Å². The molecule has 1 N–H and O–H groups in total. The molecule has 4 rings (SSSR count). The number of methoxy groups -OCH3 is 1. The van der Waals surface area contributed by atoms with E-state index >= 15 is 0 Å². The summed E-state index contributed by atoms with van der Waals surface area (Å²) in [4.78, 5) is 49.4. The number of carbonyl (C=O) groups excluding carboxylic acids is 3. The molecular weight excluding hydrogens is 509 g/mol. The highest BCUT2D eigenvalue weighted by molar-refractivity contribution is 6.39. The van der Waals surface area contributed by atoms with Gasteiger partial charge in [-0.15, -0.1) is 6.58 Å². The minimum atomic E-state index is -0.981. The maximum absolute atomic E-state index is 13.2. The lowest BCUT2D eigenvalue weighted by atomic mass is 10.0. The van der Waals surface area contributed by atoms with Crippen LogP contribution < -0.4 is 19.7 Å². The topological polar surface area (TPSA) is 128 Å². The summed E-state index contributed by atoms with van der Waals surface area (Å²) in [5.74, 6) is -1.44. The number of ether oxygens (including phenoxy) is 2. The van der Waals surface area contributed by atoms with Gasteiger partial charge in [-0.2, -0.15) is 0 Å². The molecule has 4 amide bonds. The van der Waals surface area contributed by atoms with Gasteiger partial charge in [-0.05, 0) is 60.0 Å². The molecule has 1 heterocycles. The van der Waals surface area contributed by atoms with E-state index in [1.54, 1.807) is 30.3 Å². The number of benzene rings is 3. The number of nitro groups is 1. The van der Waals surface area contributed by atoms with E-state index in [4.69, 9.17) is 9.47 Å². The van der Waals surface area contributed by atoms with Gasteiger partial charge in [0.2, 0.25) is 0 Å². The molecule has 11 heteroatoms. The van der Waals surface area contributed by atoms with Crippen LogP contribution in [0.15, 0.2) is 78.9 Å². The van der Waals surface area contributed by atoms with Gasteiger partial charge in [0.15, 0.2) is 11.5 Å². The van der Waals surface area contributed by atoms with Crippen molar-refractivity contribution in [3.63, 3.8) is 0 Å². The molecule has 10 nitrogen and oxygen atoms in total. The second kappa shape index (κ2) is 11.4. The third-order valence-electron chi connectivity index (χ3n) is 5.77. The van der Waals surface area contributed by atoms with Crippen molar-refractivity contribution in [3.8, 4) is 11.5 Å². The van der Waals surface area contributed by atoms with E-state index in [0.29, 0.717) is 29.0 Å². The first kappa shape index (κ1) is 26.7. The van der Waals surface area contributed by atoms with Crippen LogP contribution >= 0.6 is 0 Å². The van der Waals surface area contributed by atoms with Crippen molar-refractivity contribution in [1.29, 1.82) is 0 Å². The standard InChI is InChI=1S/C28H22FN3O7/c1-3-4-19-13-18(15-24(38-2)25(19)39-16-17-5-7-20(29)8-6-17)14-23-26(33)30-28(35)31(27(23)34)21-9-11-22(12-10-21)32(36)37/h3,5-15H,1,4,16H2,2H3,(H,30,33,35)/b23-14+. The number of allylic oxidation sites excluding steroid dienone is 1. The van der Waals surface area contributed by atoms with Gasteiger partial charge in [0.1, 0.15) is 18.0 Å². The molecule has 3 aromatic rings. The Kier molecular flexibility index (Phi) is 7.80. The first-order chi connectivity index (χ1) is 18.7. The molecule has 0 atom stereocenters. The summed E-state index contributed by atoms with van der Waals surface area (Å²) in [7, 11) is 1.43. The molecule has 0 aromatic heterocycles. The van der Waals surface area contributed by atoms with Gasteiger partial charge in [-0.1, -0.05) is 18.2 Å². The Balaban J connectivity index is 1.68. The smallest absolute Gasteiger partial charge is 0.335 e. The highest BCUT2D eigenvalue weighted by atomic mass is 19.1. The van der Waals surface area contributed by atoms with E-state index in [1.165, 1.54) is 37.5 Å². The second-order valence-corrected chi connectivity index (χ2v) is 8.35. The number of imide groups is 2. The zero-order valence-electron chi connectivity index (χ0n) is 20.7. The van der Waals surface area contributed by atoms with Crippen molar-refractivity contribution in [3.05, 3.63) is 112 Å². The number of hydrogen-bond acceptors (Lipinski definition) is 7. The normalized spacial score (nSPS) is 14.3. The number of amides is 4. The lowest BCUT2D eigenvalue weighted by molar-refractivity contribution is -0.384. The van der Waals surface area contributed by atoms with E-state index < -0.39 is 22.8 Å². The lowest BCUT2D eigenvalue weighted by Gasteiger charge is -2.26. The van der Waals surface area contributed by atoms with E-state index in [-0.39, 0.29) is 29.4 Å². The molecule has 0 spiro atoms. The van der Waals surface area contributed by atoms with E-state index in [9.17, 15) is 28.9 Å². The molecule has 1 aliphatic heterocycles. The van der Waals surface area contributed by atoms with Crippen molar-refractivity contribution in [2.75, 3.05) is 12.0 Å². The SMILES string of the molecule is C=CCc1cc(/C=C2\C(=O)NC(=O)N(c3ccc([N+](=O)[O-])cc3)C2=O)cc(OC)c1OCc1ccc(F)cc1. The van der Waals surface area contributed by atoms with Crippen molar-refractivity contribution in [2.45, 2.75) is 13.0 Å². The number of nitrogens with one attached hydrogen (secondary N) is 1. The lowest BCUT2D eigenvalue weighted by Crippen LogP contribution is -2.54. The Hall–Kier alpha value is -5.32. The predicted molar refractivity (Wildman–Crippen MR) is 140 cm³/mol. The van der Waals surface area contributed by atoms with Crippen molar-refractivity contribution >= 4 is 35.3 Å². The number of carbonyl (C=O) groups is 3. The Morgan fingerprint density at radius 3 is 2.38 bits per heavy atom. The second-order valence-electron chi connectivity index (χ2n) is 8.35. The number of anilines is 1. The van der Waals surface area contributed by atoms with Crippen LogP contribution in [0.2, 0.25) is 0 Å². The Morgan fingerprint density at radius 2 is 1.77 bits per heavy atom. The third kappa shape index (κ3) is 5.82. The highest BCUT2D eigenvalue weighted by Gasteiger charge is 2.37. The number of rotatable bonds is 9. The molecule has 0 radical (unpaired) electrons. The number of urea groups is 1. The van der Waals surface area contributed by atoms with Crippen LogP contribution in [0.3, 0.4) is 0 Å². The van der Waals surface area contributed by atoms with Crippen LogP contribution in [0, 0.1) is 15.9 Å². The molecule has 0 unspecified atom stereocenters. The zero-order valence-corrected chi connectivity index (χ0v) is 20.7. The number of halogens is 1. The van der Waals surface area contributed by atoms with Gasteiger partial charge in [0.25, 0.3) is 17.5 Å². The molecular formula is C28H22FN3O7. The third-order valence-corrected chi connectivity index (χ3v) is 5.77. The first-order valence-electron chi connectivity index (χ1n) is 11.6. The van der Waals surface area contributed by atoms with Crippen molar-refractivity contribution in [2.24, 2.45) is 0 Å². The maximum Gasteiger partial charge on any atom is 0.335 e. The summed E-state index contributed by atoms with van der Waals surface area (Å²) in [5.41, 5.74) is 1.28. The average Bonchev–Trinajstić information content (AvgIpc) is 2.91. The van der Waals surface area contributed by atoms with E-state index in [0.717, 1.165) is 22.6 Å². The van der Waals surface area contributed by atoms with Crippen molar-refractivity contribution in [1.82, 2.24) is 5.32 Å². The maximum atomic E-state index is 13.2. The van der Waals surface area contributed by atoms with Gasteiger partial charge >= 0.3 is 6.03 Å². The van der Waals surface area contributed by atoms with E-state index in [1.807, 2.05) is 0 Å². The van der Waals surface area contributed by atoms with Gasteiger partial charge in [0.05, 0.1) is 17.7 Å². The number of hydrogen-bond donors (Lipinski definition) is 1. The van der Waals surface area contributed by atoms with Gasteiger partial charge < -0.3 is 9.47 Å². The molecule has 0 bridgehead atoms. The number of nitrogens with zero attached hydrogens (tertiary/aromatic N) is 2. The summed E-state index contributed by atoms with van der Waals surface area (Å²) in [6.07, 6.45) is 3.31. The molecule has 1 fully saturated rings. The van der Waals surface area contributed by atoms with Crippen molar-refractivity contribution < 1.29 is 33.2 Å². The molecule has 1 saturated heterocycles. The Labute approximate surface area is 222 Å². The van der Waals surface area contributed by atoms with Crippen LogP contribution in [0.5, 0.6) is 11.5 Å². The Morgan fingerprint density at radius 1 is 1.08 bits per heavy atom. The molecule has 39 heavy (non-hydrogen) atoms. The van der Waals surface area contributed by atoms with Crippen LogP contribution in [-0.4, -0.2) is 29.9 Å². The van der Waals surface area contributed by atoms with Crippen LogP contribution in [0.1, 0.15) is 16.7 Å². The molecule has 1 aliphatic rings. The summed E-state index contributed by atoms with van der Waals surface area (Å²) in [6, 6.07) is 12.9. The number of non-ortho nitro benzene ring substituents is 1. The van der Waals surface area contributed by atoms with Gasteiger partial charge in [-0.25, -0.2) is 14.1 Å². The minimum Gasteiger partial charge on any atom is -0.493 e. The largest absolute Gasteiger partial charge is 0.493 e. The Bertz CT molecular complexity index is 1500. The molecule has 3 aromatic carbocycles. The first-order valence-corrected chi connectivity index (χ1v) is 11.6. The molecule has 0 saturated carbocycles. The quantitative estimate of drug-likeness (QED) is 0.139. The monoisotopic (exact) mass is 531 g/mol. The molecule has 0 aliphatic carbocycles. The minimum absolute atomic E-state index is 0.0518. The van der Waals surface area contributed by atoms with Crippen LogP contribution in [0.25, 0.3) is 6.08 Å². The fraction of sp³-hybridized carbons (Fsp3) is 0.107. The number of nitro benzene ring substituents is 1. The van der Waals surface area contributed by atoms with Gasteiger partial charge in [0, 0.05) is 17.7 Å². The van der Waals surface area contributed by atoms with E-state index in [2.05, 4.69) is 11.9 Å². The number of barbiturate groups is 1. The summed E-state index contributed by atoms with van der Waals surface area (Å²) in [6.45, 7) is 3.89. The summed E-state index contributed by atoms with van der Waals surface area (Å²) >= 11 is 0. The predicted octanol–water partition coefficient (Wildman–Crippen LogP) is 4.72. The fourth-order valence-electron chi connectivity index (χ4n) is 3.91. The highest BCUT2D eigenvalue weighted by Crippen LogP contribution is 2.35. The van der Waals surface area contributed by atoms with Crippen LogP contribution in [-0.2, 0) is 22.6 Å². The fourth-order valence-corrected chi connectivity index (χ4v) is 3.91. The average molecular weight is 531 g/mol. The molecule has 198 valence electrons. The van der Waals surface area contributed by atoms with Crippen LogP contribution in [0.4, 0.5) is 20.6 Å². The summed E-state index contributed by atoms with van der Waals surface area (Å²) in [5, 5.41) is 13.1. The summed E-state index contributed by atoms with van der Waals surface area (Å²) < 4.78 is 24.7.